The third-order valence-electron chi connectivity index (χ3n) is 4.23. The van der Waals surface area contributed by atoms with E-state index in [1.165, 1.54) is 0 Å². The van der Waals surface area contributed by atoms with Crippen LogP contribution in [0.4, 0.5) is 11.4 Å². The molecule has 28 heavy (non-hydrogen) atoms. The summed E-state index contributed by atoms with van der Waals surface area (Å²) in [6.07, 6.45) is 1.28. The van der Waals surface area contributed by atoms with Gasteiger partial charge in [0, 0.05) is 55.1 Å². The molecule has 1 aliphatic heterocycles. The van der Waals surface area contributed by atoms with Crippen molar-refractivity contribution in [3.8, 4) is 0 Å². The van der Waals surface area contributed by atoms with Gasteiger partial charge in [-0.05, 0) is 38.4 Å². The van der Waals surface area contributed by atoms with E-state index in [4.69, 9.17) is 0 Å². The molecule has 1 aliphatic rings. The number of aromatic nitrogens is 2. The number of rotatable bonds is 6. The van der Waals surface area contributed by atoms with Crippen molar-refractivity contribution in [3.05, 3.63) is 41.2 Å². The lowest BCUT2D eigenvalue weighted by atomic mass is 10.1. The number of H-pyrrole nitrogens is 1. The van der Waals surface area contributed by atoms with Crippen LogP contribution in [-0.2, 0) is 17.8 Å². The van der Waals surface area contributed by atoms with Crippen LogP contribution in [0.5, 0.6) is 0 Å². The Morgan fingerprint density at radius 1 is 1.11 bits per heavy atom. The molecule has 0 radical (unpaired) electrons. The second-order valence-electron chi connectivity index (χ2n) is 6.59. The molecule has 0 aliphatic carbocycles. The van der Waals surface area contributed by atoms with Crippen molar-refractivity contribution in [2.24, 2.45) is 0 Å². The molecule has 0 unspecified atom stereocenters. The van der Waals surface area contributed by atoms with Gasteiger partial charge in [0.1, 0.15) is 0 Å². The average molecular weight is 429 g/mol. The zero-order valence-electron chi connectivity index (χ0n) is 15.9. The van der Waals surface area contributed by atoms with Crippen LogP contribution >= 0.6 is 24.8 Å². The Bertz CT molecular complexity index is 792. The topological polar surface area (TPSA) is 102 Å². The number of anilines is 2. The molecular weight excluding hydrogens is 403 g/mol. The molecule has 0 bridgehead atoms. The Hall–Kier alpha value is -2.13. The van der Waals surface area contributed by atoms with E-state index in [0.717, 1.165) is 24.2 Å². The molecule has 1 aromatic heterocycles. The lowest BCUT2D eigenvalue weighted by molar-refractivity contribution is -0.116. The van der Waals surface area contributed by atoms with Crippen LogP contribution in [-0.4, -0.2) is 54.1 Å². The van der Waals surface area contributed by atoms with E-state index in [1.54, 1.807) is 24.3 Å². The molecule has 0 fully saturated rings. The molecule has 2 heterocycles. The van der Waals surface area contributed by atoms with Crippen molar-refractivity contribution in [1.29, 1.82) is 0 Å². The highest BCUT2D eigenvalue weighted by molar-refractivity contribution is 6.04. The fourth-order valence-electron chi connectivity index (χ4n) is 2.79. The minimum atomic E-state index is -0.242. The van der Waals surface area contributed by atoms with Gasteiger partial charge in [0.05, 0.1) is 0 Å². The van der Waals surface area contributed by atoms with Gasteiger partial charge >= 0.3 is 0 Å². The van der Waals surface area contributed by atoms with E-state index in [1.807, 2.05) is 19.0 Å². The predicted octanol–water partition coefficient (Wildman–Crippen LogP) is 2.04. The largest absolute Gasteiger partial charge is 0.326 e. The summed E-state index contributed by atoms with van der Waals surface area (Å²) in [6, 6.07) is 7.06. The van der Waals surface area contributed by atoms with Crippen LogP contribution in [0, 0.1) is 0 Å². The van der Waals surface area contributed by atoms with Crippen molar-refractivity contribution >= 4 is 48.0 Å². The molecule has 4 N–H and O–H groups in total. The van der Waals surface area contributed by atoms with Crippen molar-refractivity contribution in [2.75, 3.05) is 37.8 Å². The fourth-order valence-corrected chi connectivity index (χ4v) is 2.79. The number of benzene rings is 1. The molecule has 0 spiro atoms. The summed E-state index contributed by atoms with van der Waals surface area (Å²) in [7, 11) is 3.86. The maximum atomic E-state index is 12.5. The van der Waals surface area contributed by atoms with Gasteiger partial charge in [-0.2, -0.15) is 5.10 Å². The van der Waals surface area contributed by atoms with Crippen molar-refractivity contribution in [1.82, 2.24) is 20.4 Å². The van der Waals surface area contributed by atoms with Gasteiger partial charge in [0.2, 0.25) is 5.91 Å². The number of fused-ring (bicyclic) bond motifs is 1. The standard InChI is InChI=1S/C18H24N6O2.2ClH/c1-24(2)10-8-16(25)20-12-3-5-13(6-4-12)21-18(26)17-14-11-19-9-7-15(14)22-23-17;;/h3-6,19H,7-11H2,1-2H3,(H,20,25)(H,21,26)(H,22,23);2*1H. The monoisotopic (exact) mass is 428 g/mol. The lowest BCUT2D eigenvalue weighted by Crippen LogP contribution is -2.25. The number of amides is 2. The van der Waals surface area contributed by atoms with Crippen molar-refractivity contribution < 1.29 is 9.59 Å². The third-order valence-corrected chi connectivity index (χ3v) is 4.23. The molecule has 1 aromatic carbocycles. The summed E-state index contributed by atoms with van der Waals surface area (Å²) in [5.74, 6) is -0.278. The molecule has 0 saturated carbocycles. The number of carbonyl (C=O) groups is 2. The smallest absolute Gasteiger partial charge is 0.276 e. The highest BCUT2D eigenvalue weighted by Crippen LogP contribution is 2.18. The van der Waals surface area contributed by atoms with Crippen LogP contribution in [0.2, 0.25) is 0 Å². The van der Waals surface area contributed by atoms with Gasteiger partial charge in [0.25, 0.3) is 5.91 Å². The summed E-state index contributed by atoms with van der Waals surface area (Å²) in [4.78, 5) is 26.3. The van der Waals surface area contributed by atoms with E-state index < -0.39 is 0 Å². The normalized spacial score (nSPS) is 12.4. The molecule has 3 rings (SSSR count). The molecule has 2 aromatic rings. The van der Waals surface area contributed by atoms with Crippen molar-refractivity contribution in [3.63, 3.8) is 0 Å². The van der Waals surface area contributed by atoms with Crippen LogP contribution in [0.3, 0.4) is 0 Å². The molecule has 8 nitrogen and oxygen atoms in total. The first kappa shape index (κ1) is 23.9. The second-order valence-corrected chi connectivity index (χ2v) is 6.59. The maximum absolute atomic E-state index is 12.5. The lowest BCUT2D eigenvalue weighted by Gasteiger charge is -2.13. The second kappa shape index (κ2) is 11.0. The summed E-state index contributed by atoms with van der Waals surface area (Å²) in [5, 5.41) is 16.0. The Morgan fingerprint density at radius 3 is 2.39 bits per heavy atom. The number of nitrogens with one attached hydrogen (secondary N) is 4. The average Bonchev–Trinajstić information content (AvgIpc) is 3.06. The van der Waals surface area contributed by atoms with E-state index in [0.29, 0.717) is 36.6 Å². The van der Waals surface area contributed by atoms with Gasteiger partial charge < -0.3 is 20.9 Å². The van der Waals surface area contributed by atoms with E-state index in [2.05, 4.69) is 26.1 Å². The highest BCUT2D eigenvalue weighted by Gasteiger charge is 2.21. The molecule has 10 heteroatoms. The highest BCUT2D eigenvalue weighted by atomic mass is 35.5. The molecular formula is C18H26Cl2N6O2. The SMILES string of the molecule is CN(C)CCC(=O)Nc1ccc(NC(=O)c2n[nH]c3c2CNCC3)cc1.Cl.Cl. The van der Waals surface area contributed by atoms with Crippen LogP contribution < -0.4 is 16.0 Å². The van der Waals surface area contributed by atoms with Crippen molar-refractivity contribution in [2.45, 2.75) is 19.4 Å². The summed E-state index contributed by atoms with van der Waals surface area (Å²) in [5.41, 5.74) is 3.73. The first-order valence-corrected chi connectivity index (χ1v) is 8.66. The Kier molecular flexibility index (Phi) is 9.40. The number of hydrogen-bond donors (Lipinski definition) is 4. The van der Waals surface area contributed by atoms with E-state index >= 15 is 0 Å². The maximum Gasteiger partial charge on any atom is 0.276 e. The van der Waals surface area contributed by atoms with Crippen LogP contribution in [0.1, 0.15) is 28.2 Å². The molecule has 0 saturated heterocycles. The summed E-state index contributed by atoms with van der Waals surface area (Å²) >= 11 is 0. The predicted molar refractivity (Wildman–Crippen MR) is 115 cm³/mol. The fraction of sp³-hybridized carbons (Fsp3) is 0.389. The van der Waals surface area contributed by atoms with Crippen LogP contribution in [0.15, 0.2) is 24.3 Å². The number of aromatic amines is 1. The van der Waals surface area contributed by atoms with E-state index in [-0.39, 0.29) is 36.6 Å². The van der Waals surface area contributed by atoms with E-state index in [9.17, 15) is 9.59 Å². The van der Waals surface area contributed by atoms with Gasteiger partial charge in [0.15, 0.2) is 5.69 Å². The Labute approximate surface area is 176 Å². The number of nitrogens with zero attached hydrogens (tertiary/aromatic N) is 2. The molecule has 2 amide bonds. The minimum absolute atomic E-state index is 0. The zero-order valence-corrected chi connectivity index (χ0v) is 17.5. The van der Waals surface area contributed by atoms with Crippen LogP contribution in [0.25, 0.3) is 0 Å². The van der Waals surface area contributed by atoms with Gasteiger partial charge in [-0.15, -0.1) is 24.8 Å². The van der Waals surface area contributed by atoms with Gasteiger partial charge in [-0.3, -0.25) is 14.7 Å². The Morgan fingerprint density at radius 2 is 1.75 bits per heavy atom. The summed E-state index contributed by atoms with van der Waals surface area (Å²) in [6.45, 7) is 2.23. The third kappa shape index (κ3) is 6.20. The number of halogens is 2. The zero-order chi connectivity index (χ0) is 18.5. The first-order valence-electron chi connectivity index (χ1n) is 8.66. The quantitative estimate of drug-likeness (QED) is 0.563. The Balaban J connectivity index is 0.00000196. The first-order chi connectivity index (χ1) is 12.5. The molecule has 154 valence electrons. The van der Waals surface area contributed by atoms with Gasteiger partial charge in [-0.25, -0.2) is 0 Å². The molecule has 0 atom stereocenters. The minimum Gasteiger partial charge on any atom is -0.326 e. The number of carbonyl (C=O) groups excluding carboxylic acids is 2. The number of hydrogen-bond acceptors (Lipinski definition) is 5. The summed E-state index contributed by atoms with van der Waals surface area (Å²) < 4.78 is 0. The van der Waals surface area contributed by atoms with Gasteiger partial charge in [-0.1, -0.05) is 0 Å².